The van der Waals surface area contributed by atoms with Crippen molar-refractivity contribution < 1.29 is 19.5 Å². The molecule has 0 aliphatic carbocycles. The summed E-state index contributed by atoms with van der Waals surface area (Å²) in [6.45, 7) is 1.10. The molecule has 0 fully saturated rings. The van der Waals surface area contributed by atoms with Gasteiger partial charge in [-0.05, 0) is 43.9 Å². The third-order valence-electron chi connectivity index (χ3n) is 3.12. The van der Waals surface area contributed by atoms with Crippen molar-refractivity contribution in [2.24, 2.45) is 5.16 Å². The van der Waals surface area contributed by atoms with Crippen molar-refractivity contribution in [1.82, 2.24) is 0 Å². The van der Waals surface area contributed by atoms with Gasteiger partial charge in [-0.3, -0.25) is 4.79 Å². The highest BCUT2D eigenvalue weighted by Gasteiger charge is 2.16. The highest BCUT2D eigenvalue weighted by Crippen LogP contribution is 2.27. The van der Waals surface area contributed by atoms with Gasteiger partial charge in [0.2, 0.25) is 0 Å². The van der Waals surface area contributed by atoms with Crippen molar-refractivity contribution in [2.45, 2.75) is 32.1 Å². The SMILES string of the molecule is O=C(O)CCCCO/N=C1\CCCOc2ccc(Br)cc21. The van der Waals surface area contributed by atoms with Crippen LogP contribution >= 0.6 is 15.9 Å². The van der Waals surface area contributed by atoms with E-state index < -0.39 is 5.97 Å². The normalized spacial score (nSPS) is 16.0. The first-order chi connectivity index (χ1) is 10.2. The van der Waals surface area contributed by atoms with E-state index in [4.69, 9.17) is 14.7 Å². The topological polar surface area (TPSA) is 68.1 Å². The zero-order chi connectivity index (χ0) is 15.1. The van der Waals surface area contributed by atoms with E-state index in [1.165, 1.54) is 0 Å². The number of fused-ring (bicyclic) bond motifs is 1. The van der Waals surface area contributed by atoms with Crippen molar-refractivity contribution in [3.05, 3.63) is 28.2 Å². The molecule has 0 saturated heterocycles. The minimum absolute atomic E-state index is 0.170. The lowest BCUT2D eigenvalue weighted by atomic mass is 10.1. The van der Waals surface area contributed by atoms with Crippen molar-refractivity contribution in [3.63, 3.8) is 0 Å². The summed E-state index contributed by atoms with van der Waals surface area (Å²) in [6.07, 6.45) is 3.16. The molecule has 1 aliphatic heterocycles. The summed E-state index contributed by atoms with van der Waals surface area (Å²) in [6, 6.07) is 5.84. The molecule has 1 heterocycles. The zero-order valence-electron chi connectivity index (χ0n) is 11.7. The average Bonchev–Trinajstić information content (AvgIpc) is 2.64. The molecular formula is C15H18BrNO4. The highest BCUT2D eigenvalue weighted by atomic mass is 79.9. The van der Waals surface area contributed by atoms with Crippen LogP contribution in [0.2, 0.25) is 0 Å². The molecule has 1 aromatic rings. The standard InChI is InChI=1S/C15H18BrNO4/c16-11-6-7-14-12(10-11)13(4-3-8-20-14)17-21-9-2-1-5-15(18)19/h6-7,10H,1-5,8-9H2,(H,18,19)/b17-13+. The molecule has 0 spiro atoms. The summed E-state index contributed by atoms with van der Waals surface area (Å²) in [5.74, 6) is 0.0462. The molecule has 1 N–H and O–H groups in total. The van der Waals surface area contributed by atoms with E-state index in [-0.39, 0.29) is 6.42 Å². The molecule has 0 atom stereocenters. The van der Waals surface area contributed by atoms with Crippen LogP contribution in [0.15, 0.2) is 27.8 Å². The zero-order valence-corrected chi connectivity index (χ0v) is 13.3. The molecule has 6 heteroatoms. The first-order valence-corrected chi connectivity index (χ1v) is 7.79. The van der Waals surface area contributed by atoms with E-state index in [0.29, 0.717) is 26.1 Å². The Hall–Kier alpha value is -1.56. The maximum Gasteiger partial charge on any atom is 0.303 e. The predicted octanol–water partition coefficient (Wildman–Crippen LogP) is 3.60. The van der Waals surface area contributed by atoms with Crippen LogP contribution in [0.1, 0.15) is 37.7 Å². The quantitative estimate of drug-likeness (QED) is 0.625. The molecule has 21 heavy (non-hydrogen) atoms. The van der Waals surface area contributed by atoms with Gasteiger partial charge in [0, 0.05) is 16.5 Å². The summed E-state index contributed by atoms with van der Waals surface area (Å²) in [7, 11) is 0. The number of rotatable bonds is 6. The summed E-state index contributed by atoms with van der Waals surface area (Å²) >= 11 is 3.45. The second-order valence-corrected chi connectivity index (χ2v) is 5.73. The van der Waals surface area contributed by atoms with Crippen LogP contribution in [0.25, 0.3) is 0 Å². The number of aliphatic carboxylic acids is 1. The lowest BCUT2D eigenvalue weighted by molar-refractivity contribution is -0.137. The van der Waals surface area contributed by atoms with Crippen LogP contribution < -0.4 is 4.74 Å². The number of carboxylic acids is 1. The molecule has 0 bridgehead atoms. The first-order valence-electron chi connectivity index (χ1n) is 7.00. The third-order valence-corrected chi connectivity index (χ3v) is 3.61. The number of unbranched alkanes of at least 4 members (excludes halogenated alkanes) is 1. The molecule has 2 rings (SSSR count). The van der Waals surface area contributed by atoms with E-state index in [2.05, 4.69) is 21.1 Å². The maximum absolute atomic E-state index is 10.4. The maximum atomic E-state index is 10.4. The average molecular weight is 356 g/mol. The number of carboxylic acid groups (broad SMARTS) is 1. The Labute approximate surface area is 132 Å². The van der Waals surface area contributed by atoms with Crippen molar-refractivity contribution in [2.75, 3.05) is 13.2 Å². The minimum atomic E-state index is -0.777. The van der Waals surface area contributed by atoms with Gasteiger partial charge in [0.1, 0.15) is 12.4 Å². The molecule has 0 unspecified atom stereocenters. The Kier molecular flexibility index (Phi) is 6.04. The third kappa shape index (κ3) is 5.04. The molecule has 1 aliphatic rings. The van der Waals surface area contributed by atoms with Gasteiger partial charge in [-0.15, -0.1) is 0 Å². The van der Waals surface area contributed by atoms with E-state index in [9.17, 15) is 4.79 Å². The Morgan fingerprint density at radius 2 is 2.29 bits per heavy atom. The van der Waals surface area contributed by atoms with Crippen LogP contribution in [0.5, 0.6) is 5.75 Å². The Morgan fingerprint density at radius 3 is 3.10 bits per heavy atom. The number of carbonyl (C=O) groups is 1. The molecule has 5 nitrogen and oxygen atoms in total. The van der Waals surface area contributed by atoms with E-state index in [1.54, 1.807) is 0 Å². The van der Waals surface area contributed by atoms with E-state index in [0.717, 1.165) is 34.3 Å². The number of hydrogen-bond acceptors (Lipinski definition) is 4. The number of hydrogen-bond donors (Lipinski definition) is 1. The molecule has 0 aromatic heterocycles. The van der Waals surface area contributed by atoms with Crippen LogP contribution in [0, 0.1) is 0 Å². The molecule has 1 aromatic carbocycles. The van der Waals surface area contributed by atoms with Gasteiger partial charge < -0.3 is 14.7 Å². The summed E-state index contributed by atoms with van der Waals surface area (Å²) in [4.78, 5) is 15.7. The Balaban J connectivity index is 1.94. The molecule has 0 radical (unpaired) electrons. The van der Waals surface area contributed by atoms with Crippen LogP contribution in [0.3, 0.4) is 0 Å². The fourth-order valence-electron chi connectivity index (χ4n) is 2.07. The second kappa shape index (κ2) is 8.02. The largest absolute Gasteiger partial charge is 0.493 e. The molecule has 0 amide bonds. The number of oxime groups is 1. The summed E-state index contributed by atoms with van der Waals surface area (Å²) < 4.78 is 6.66. The predicted molar refractivity (Wildman–Crippen MR) is 82.8 cm³/mol. The van der Waals surface area contributed by atoms with Gasteiger partial charge in [-0.2, -0.15) is 0 Å². The molecule has 0 saturated carbocycles. The van der Waals surface area contributed by atoms with Gasteiger partial charge in [0.15, 0.2) is 0 Å². The Morgan fingerprint density at radius 1 is 1.43 bits per heavy atom. The fraction of sp³-hybridized carbons (Fsp3) is 0.467. The van der Waals surface area contributed by atoms with E-state index >= 15 is 0 Å². The fourth-order valence-corrected chi connectivity index (χ4v) is 2.43. The molecule has 114 valence electrons. The Bertz CT molecular complexity index is 530. The van der Waals surface area contributed by atoms with Crippen LogP contribution in [0.4, 0.5) is 0 Å². The monoisotopic (exact) mass is 355 g/mol. The van der Waals surface area contributed by atoms with Gasteiger partial charge in [-0.25, -0.2) is 0 Å². The lowest BCUT2D eigenvalue weighted by Crippen LogP contribution is -2.02. The second-order valence-electron chi connectivity index (χ2n) is 4.81. The van der Waals surface area contributed by atoms with Crippen LogP contribution in [-0.4, -0.2) is 30.0 Å². The summed E-state index contributed by atoms with van der Waals surface area (Å²) in [5.41, 5.74) is 1.83. The molecular weight excluding hydrogens is 338 g/mol. The van der Waals surface area contributed by atoms with Crippen molar-refractivity contribution in [1.29, 1.82) is 0 Å². The van der Waals surface area contributed by atoms with Crippen molar-refractivity contribution >= 4 is 27.6 Å². The number of nitrogens with zero attached hydrogens (tertiary/aromatic N) is 1. The van der Waals surface area contributed by atoms with Gasteiger partial charge in [0.05, 0.1) is 12.3 Å². The van der Waals surface area contributed by atoms with Gasteiger partial charge in [0.25, 0.3) is 0 Å². The summed E-state index contributed by atoms with van der Waals surface area (Å²) in [5, 5.41) is 12.8. The van der Waals surface area contributed by atoms with Crippen LogP contribution in [-0.2, 0) is 9.63 Å². The van der Waals surface area contributed by atoms with E-state index in [1.807, 2.05) is 18.2 Å². The lowest BCUT2D eigenvalue weighted by Gasteiger charge is -2.08. The van der Waals surface area contributed by atoms with Gasteiger partial charge >= 0.3 is 5.97 Å². The number of halogens is 1. The number of benzene rings is 1. The number of ether oxygens (including phenoxy) is 1. The smallest absolute Gasteiger partial charge is 0.303 e. The van der Waals surface area contributed by atoms with Crippen molar-refractivity contribution in [3.8, 4) is 5.75 Å². The highest BCUT2D eigenvalue weighted by molar-refractivity contribution is 9.10. The minimum Gasteiger partial charge on any atom is -0.493 e. The first kappa shape index (κ1) is 15.8. The van der Waals surface area contributed by atoms with Gasteiger partial charge in [-0.1, -0.05) is 21.1 Å².